The van der Waals surface area contributed by atoms with Crippen molar-refractivity contribution in [1.82, 2.24) is 5.32 Å². The summed E-state index contributed by atoms with van der Waals surface area (Å²) in [5, 5.41) is 3.15. The molecule has 0 heterocycles. The fourth-order valence-electron chi connectivity index (χ4n) is 2.74. The number of nitrogens with one attached hydrogen (secondary N) is 1. The second kappa shape index (κ2) is 5.85. The summed E-state index contributed by atoms with van der Waals surface area (Å²) in [6.45, 7) is 7.61. The van der Waals surface area contributed by atoms with E-state index in [1.165, 1.54) is 25.7 Å². The maximum atomic E-state index is 12.3. The van der Waals surface area contributed by atoms with Gasteiger partial charge in [0.25, 0.3) is 0 Å². The van der Waals surface area contributed by atoms with Crippen molar-refractivity contribution in [3.05, 3.63) is 0 Å². The van der Waals surface area contributed by atoms with Crippen LogP contribution in [0.25, 0.3) is 0 Å². The maximum absolute atomic E-state index is 12.3. The predicted molar refractivity (Wildman–Crippen MR) is 71.7 cm³/mol. The monoisotopic (exact) mass is 240 g/mol. The molecule has 1 rings (SSSR count). The minimum Gasteiger partial charge on any atom is -0.355 e. The first-order valence-electron chi connectivity index (χ1n) is 7.06. The number of hydrogen-bond acceptors (Lipinski definition) is 2. The van der Waals surface area contributed by atoms with Crippen molar-refractivity contribution in [2.45, 2.75) is 59.3 Å². The van der Waals surface area contributed by atoms with E-state index in [1.54, 1.807) is 0 Å². The molecule has 17 heavy (non-hydrogen) atoms. The molecule has 0 radical (unpaired) electrons. The largest absolute Gasteiger partial charge is 0.355 e. The van der Waals surface area contributed by atoms with Crippen LogP contribution in [0.3, 0.4) is 0 Å². The van der Waals surface area contributed by atoms with Crippen molar-refractivity contribution in [3.63, 3.8) is 0 Å². The predicted octanol–water partition coefficient (Wildman–Crippen LogP) is 2.45. The molecule has 3 nitrogen and oxygen atoms in total. The highest BCUT2D eigenvalue weighted by Gasteiger charge is 2.38. The van der Waals surface area contributed by atoms with Crippen LogP contribution in [0.1, 0.15) is 59.3 Å². The highest BCUT2D eigenvalue weighted by Crippen LogP contribution is 2.43. The van der Waals surface area contributed by atoms with Gasteiger partial charge in [-0.15, -0.1) is 0 Å². The van der Waals surface area contributed by atoms with Crippen LogP contribution < -0.4 is 11.1 Å². The fourth-order valence-corrected chi connectivity index (χ4v) is 2.74. The Bertz CT molecular complexity index is 241. The van der Waals surface area contributed by atoms with Crippen molar-refractivity contribution in [2.75, 3.05) is 13.1 Å². The van der Waals surface area contributed by atoms with Crippen molar-refractivity contribution < 1.29 is 4.79 Å². The van der Waals surface area contributed by atoms with Crippen LogP contribution in [0, 0.1) is 10.8 Å². The quantitative estimate of drug-likeness (QED) is 0.718. The molecule has 1 aliphatic carbocycles. The van der Waals surface area contributed by atoms with Gasteiger partial charge in [0.1, 0.15) is 0 Å². The van der Waals surface area contributed by atoms with Crippen LogP contribution in [0.4, 0.5) is 0 Å². The summed E-state index contributed by atoms with van der Waals surface area (Å²) < 4.78 is 0. The van der Waals surface area contributed by atoms with E-state index in [1.807, 2.05) is 0 Å². The topological polar surface area (TPSA) is 55.1 Å². The summed E-state index contributed by atoms with van der Waals surface area (Å²) in [4.78, 5) is 12.3. The zero-order valence-electron chi connectivity index (χ0n) is 11.6. The van der Waals surface area contributed by atoms with E-state index in [9.17, 15) is 4.79 Å². The zero-order chi connectivity index (χ0) is 12.9. The normalized spacial score (nSPS) is 18.6. The van der Waals surface area contributed by atoms with Crippen LogP contribution in [0.2, 0.25) is 0 Å². The van der Waals surface area contributed by atoms with E-state index in [0.29, 0.717) is 12.0 Å². The van der Waals surface area contributed by atoms with Gasteiger partial charge in [-0.25, -0.2) is 0 Å². The van der Waals surface area contributed by atoms with E-state index in [-0.39, 0.29) is 11.3 Å². The SMILES string of the molecule is CCC1(CNC(=O)C(CC)(CC)CN)CCC1. The molecule has 0 saturated heterocycles. The lowest BCUT2D eigenvalue weighted by atomic mass is 9.67. The van der Waals surface area contributed by atoms with Crippen molar-refractivity contribution >= 4 is 5.91 Å². The Morgan fingerprint density at radius 1 is 1.29 bits per heavy atom. The standard InChI is InChI=1S/C14H28N2O/c1-4-13(8-7-9-13)11-16-12(17)14(5-2,6-3)10-15/h4-11,15H2,1-3H3,(H,16,17). The first kappa shape index (κ1) is 14.5. The lowest BCUT2D eigenvalue weighted by molar-refractivity contribution is -0.132. The molecule has 1 aliphatic rings. The van der Waals surface area contributed by atoms with Crippen molar-refractivity contribution in [2.24, 2.45) is 16.6 Å². The van der Waals surface area contributed by atoms with Gasteiger partial charge in [-0.3, -0.25) is 4.79 Å². The van der Waals surface area contributed by atoms with E-state index < -0.39 is 0 Å². The van der Waals surface area contributed by atoms with Crippen molar-refractivity contribution in [3.8, 4) is 0 Å². The van der Waals surface area contributed by atoms with Gasteiger partial charge in [0.15, 0.2) is 0 Å². The number of rotatable bonds is 7. The molecule has 0 unspecified atom stereocenters. The minimum absolute atomic E-state index is 0.157. The molecular formula is C14H28N2O. The van der Waals surface area contributed by atoms with E-state index in [0.717, 1.165) is 19.4 Å². The summed E-state index contributed by atoms with van der Waals surface area (Å²) in [5.74, 6) is 0.157. The van der Waals surface area contributed by atoms with Crippen LogP contribution in [-0.4, -0.2) is 19.0 Å². The Kier molecular flexibility index (Phi) is 4.99. The van der Waals surface area contributed by atoms with Gasteiger partial charge in [0.05, 0.1) is 5.41 Å². The third-order valence-corrected chi connectivity index (χ3v) is 5.01. The Labute approximate surface area is 106 Å². The van der Waals surface area contributed by atoms with Crippen molar-refractivity contribution in [1.29, 1.82) is 0 Å². The smallest absolute Gasteiger partial charge is 0.227 e. The Morgan fingerprint density at radius 3 is 2.18 bits per heavy atom. The number of amides is 1. The highest BCUT2D eigenvalue weighted by atomic mass is 16.2. The number of carbonyl (C=O) groups excluding carboxylic acids is 1. The second-order valence-corrected chi connectivity index (χ2v) is 5.58. The lowest BCUT2D eigenvalue weighted by Crippen LogP contribution is -2.49. The molecule has 0 aromatic heterocycles. The molecule has 100 valence electrons. The highest BCUT2D eigenvalue weighted by molar-refractivity contribution is 5.82. The maximum Gasteiger partial charge on any atom is 0.227 e. The molecule has 0 aromatic carbocycles. The molecule has 0 aromatic rings. The Balaban J connectivity index is 2.53. The first-order valence-corrected chi connectivity index (χ1v) is 7.06. The third kappa shape index (κ3) is 2.82. The van der Waals surface area contributed by atoms with Crippen LogP contribution in [0.5, 0.6) is 0 Å². The Hall–Kier alpha value is -0.570. The van der Waals surface area contributed by atoms with Gasteiger partial charge in [-0.1, -0.05) is 27.2 Å². The molecule has 0 bridgehead atoms. The van der Waals surface area contributed by atoms with E-state index >= 15 is 0 Å². The molecule has 3 heteroatoms. The summed E-state index contributed by atoms with van der Waals surface area (Å²) in [6.07, 6.45) is 6.65. The fraction of sp³-hybridized carbons (Fsp3) is 0.929. The lowest BCUT2D eigenvalue weighted by Gasteiger charge is -2.42. The van der Waals surface area contributed by atoms with E-state index in [4.69, 9.17) is 5.73 Å². The average Bonchev–Trinajstić information content (AvgIpc) is 2.31. The molecule has 1 saturated carbocycles. The van der Waals surface area contributed by atoms with Gasteiger partial charge in [0.2, 0.25) is 5.91 Å². The number of hydrogen-bond donors (Lipinski definition) is 2. The summed E-state index contributed by atoms with van der Waals surface area (Å²) >= 11 is 0. The second-order valence-electron chi connectivity index (χ2n) is 5.58. The molecule has 3 N–H and O–H groups in total. The molecule has 1 amide bonds. The van der Waals surface area contributed by atoms with Gasteiger partial charge in [-0.2, -0.15) is 0 Å². The molecular weight excluding hydrogens is 212 g/mol. The minimum atomic E-state index is -0.349. The molecule has 0 aliphatic heterocycles. The summed E-state index contributed by atoms with van der Waals surface area (Å²) in [6, 6.07) is 0. The van der Waals surface area contributed by atoms with Crippen LogP contribution in [0.15, 0.2) is 0 Å². The third-order valence-electron chi connectivity index (χ3n) is 5.01. The summed E-state index contributed by atoms with van der Waals surface area (Å²) in [7, 11) is 0. The molecule has 0 atom stereocenters. The molecule has 1 fully saturated rings. The molecule has 0 spiro atoms. The van der Waals surface area contributed by atoms with E-state index in [2.05, 4.69) is 26.1 Å². The summed E-state index contributed by atoms with van der Waals surface area (Å²) in [5.41, 5.74) is 5.83. The first-order chi connectivity index (χ1) is 8.08. The van der Waals surface area contributed by atoms with Gasteiger partial charge in [0, 0.05) is 13.1 Å². The van der Waals surface area contributed by atoms with Crippen LogP contribution >= 0.6 is 0 Å². The number of nitrogens with two attached hydrogens (primary N) is 1. The zero-order valence-corrected chi connectivity index (χ0v) is 11.6. The van der Waals surface area contributed by atoms with Crippen LogP contribution in [-0.2, 0) is 4.79 Å². The average molecular weight is 240 g/mol. The van der Waals surface area contributed by atoms with Gasteiger partial charge < -0.3 is 11.1 Å². The Morgan fingerprint density at radius 2 is 1.88 bits per heavy atom. The van der Waals surface area contributed by atoms with Gasteiger partial charge >= 0.3 is 0 Å². The van der Waals surface area contributed by atoms with Gasteiger partial charge in [-0.05, 0) is 37.5 Å². The number of carbonyl (C=O) groups is 1.